The molecule has 33 heavy (non-hydrogen) atoms. The SMILES string of the molecule is Cc1ccc(C2=C(N(C)c3ccccc3)C(=O)N(c3ccc(OC(C)C)cc3)C2=O)c(C)c1. The highest BCUT2D eigenvalue weighted by Gasteiger charge is 2.42. The predicted molar refractivity (Wildman–Crippen MR) is 132 cm³/mol. The van der Waals surface area contributed by atoms with Gasteiger partial charge in [-0.25, -0.2) is 4.90 Å². The lowest BCUT2D eigenvalue weighted by Crippen LogP contribution is -2.34. The second kappa shape index (κ2) is 8.94. The molecule has 0 radical (unpaired) electrons. The van der Waals surface area contributed by atoms with Crippen LogP contribution in [-0.2, 0) is 9.59 Å². The summed E-state index contributed by atoms with van der Waals surface area (Å²) in [6, 6.07) is 22.6. The number of aryl methyl sites for hydroxylation is 2. The van der Waals surface area contributed by atoms with E-state index < -0.39 is 0 Å². The molecule has 168 valence electrons. The molecule has 4 rings (SSSR count). The Labute approximate surface area is 194 Å². The number of rotatable bonds is 6. The van der Waals surface area contributed by atoms with Gasteiger partial charge in [-0.05, 0) is 75.2 Å². The molecule has 0 atom stereocenters. The molecule has 0 fully saturated rings. The molecular formula is C28H28N2O3. The van der Waals surface area contributed by atoms with Gasteiger partial charge in [0.25, 0.3) is 11.8 Å². The van der Waals surface area contributed by atoms with Crippen molar-refractivity contribution in [3.63, 3.8) is 0 Å². The Hall–Kier alpha value is -3.86. The number of amides is 2. The highest BCUT2D eigenvalue weighted by atomic mass is 16.5. The second-order valence-electron chi connectivity index (χ2n) is 8.54. The number of hydrogen-bond acceptors (Lipinski definition) is 4. The Morgan fingerprint density at radius 3 is 2.12 bits per heavy atom. The zero-order chi connectivity index (χ0) is 23.7. The van der Waals surface area contributed by atoms with E-state index in [9.17, 15) is 9.59 Å². The maximum atomic E-state index is 13.8. The van der Waals surface area contributed by atoms with Crippen LogP contribution in [0.25, 0.3) is 5.57 Å². The molecule has 0 aromatic heterocycles. The van der Waals surface area contributed by atoms with E-state index in [0.717, 1.165) is 22.4 Å². The second-order valence-corrected chi connectivity index (χ2v) is 8.54. The number of hydrogen-bond donors (Lipinski definition) is 0. The van der Waals surface area contributed by atoms with Crippen molar-refractivity contribution in [2.75, 3.05) is 16.8 Å². The molecule has 5 nitrogen and oxygen atoms in total. The zero-order valence-corrected chi connectivity index (χ0v) is 19.6. The third kappa shape index (κ3) is 4.27. The Morgan fingerprint density at radius 2 is 1.52 bits per heavy atom. The number of carbonyl (C=O) groups excluding carboxylic acids is 2. The minimum absolute atomic E-state index is 0.0369. The molecular weight excluding hydrogens is 412 g/mol. The topological polar surface area (TPSA) is 49.9 Å². The minimum atomic E-state index is -0.348. The quantitative estimate of drug-likeness (QED) is 0.474. The lowest BCUT2D eigenvalue weighted by Gasteiger charge is -2.22. The summed E-state index contributed by atoms with van der Waals surface area (Å²) in [5.41, 5.74) is 4.93. The van der Waals surface area contributed by atoms with Crippen molar-refractivity contribution in [1.29, 1.82) is 0 Å². The molecule has 2 amide bonds. The Kier molecular flexibility index (Phi) is 6.05. The standard InChI is InChI=1S/C28H28N2O3/c1-18(2)33-23-14-12-22(13-15-23)30-27(31)25(24-16-11-19(3)17-20(24)4)26(28(30)32)29(5)21-9-7-6-8-10-21/h6-18H,1-5H3. The first-order valence-electron chi connectivity index (χ1n) is 11.0. The summed E-state index contributed by atoms with van der Waals surface area (Å²) < 4.78 is 5.71. The van der Waals surface area contributed by atoms with Crippen LogP contribution in [0.3, 0.4) is 0 Å². The number of para-hydroxylation sites is 1. The molecule has 5 heteroatoms. The van der Waals surface area contributed by atoms with Crippen LogP contribution in [0, 0.1) is 13.8 Å². The molecule has 0 saturated carbocycles. The van der Waals surface area contributed by atoms with Crippen LogP contribution in [0.15, 0.2) is 78.5 Å². The van der Waals surface area contributed by atoms with E-state index in [0.29, 0.717) is 22.7 Å². The number of ether oxygens (including phenoxy) is 1. The molecule has 0 aliphatic carbocycles. The van der Waals surface area contributed by atoms with E-state index in [4.69, 9.17) is 4.74 Å². The fourth-order valence-corrected chi connectivity index (χ4v) is 4.13. The average molecular weight is 441 g/mol. The first kappa shape index (κ1) is 22.3. The molecule has 0 saturated heterocycles. The Bertz CT molecular complexity index is 1230. The van der Waals surface area contributed by atoms with Gasteiger partial charge in [0.2, 0.25) is 0 Å². The van der Waals surface area contributed by atoms with Crippen LogP contribution in [0.4, 0.5) is 11.4 Å². The van der Waals surface area contributed by atoms with E-state index in [1.165, 1.54) is 4.90 Å². The maximum absolute atomic E-state index is 13.8. The van der Waals surface area contributed by atoms with Crippen molar-refractivity contribution >= 4 is 28.8 Å². The lowest BCUT2D eigenvalue weighted by atomic mass is 9.97. The average Bonchev–Trinajstić information content (AvgIpc) is 3.04. The summed E-state index contributed by atoms with van der Waals surface area (Å²) >= 11 is 0. The van der Waals surface area contributed by atoms with Crippen LogP contribution >= 0.6 is 0 Å². The highest BCUT2D eigenvalue weighted by molar-refractivity contribution is 6.46. The fourth-order valence-electron chi connectivity index (χ4n) is 4.13. The molecule has 0 unspecified atom stereocenters. The molecule has 0 spiro atoms. The number of carbonyl (C=O) groups is 2. The summed E-state index contributed by atoms with van der Waals surface area (Å²) in [5, 5.41) is 0. The predicted octanol–water partition coefficient (Wildman–Crippen LogP) is 5.51. The molecule has 3 aromatic rings. The van der Waals surface area contributed by atoms with Crippen molar-refractivity contribution < 1.29 is 14.3 Å². The molecule has 0 bridgehead atoms. The van der Waals surface area contributed by atoms with Gasteiger partial charge in [0, 0.05) is 12.7 Å². The highest BCUT2D eigenvalue weighted by Crippen LogP contribution is 2.37. The molecule has 1 aliphatic heterocycles. The third-order valence-electron chi connectivity index (χ3n) is 5.66. The minimum Gasteiger partial charge on any atom is -0.491 e. The van der Waals surface area contributed by atoms with E-state index in [-0.39, 0.29) is 17.9 Å². The van der Waals surface area contributed by atoms with E-state index in [2.05, 4.69) is 0 Å². The maximum Gasteiger partial charge on any atom is 0.282 e. The van der Waals surface area contributed by atoms with Gasteiger partial charge in [-0.2, -0.15) is 0 Å². The van der Waals surface area contributed by atoms with Gasteiger partial charge in [0.15, 0.2) is 0 Å². The van der Waals surface area contributed by atoms with Crippen molar-refractivity contribution in [2.24, 2.45) is 0 Å². The fraction of sp³-hybridized carbons (Fsp3) is 0.214. The lowest BCUT2D eigenvalue weighted by molar-refractivity contribution is -0.120. The summed E-state index contributed by atoms with van der Waals surface area (Å²) in [6.45, 7) is 7.88. The van der Waals surface area contributed by atoms with Crippen LogP contribution in [0.1, 0.15) is 30.5 Å². The summed E-state index contributed by atoms with van der Waals surface area (Å²) in [6.07, 6.45) is 0.0369. The zero-order valence-electron chi connectivity index (χ0n) is 19.6. The molecule has 1 heterocycles. The number of nitrogens with zero attached hydrogens (tertiary/aromatic N) is 2. The first-order chi connectivity index (χ1) is 15.8. The third-order valence-corrected chi connectivity index (χ3v) is 5.66. The van der Waals surface area contributed by atoms with Gasteiger partial charge in [-0.1, -0.05) is 42.0 Å². The smallest absolute Gasteiger partial charge is 0.282 e. The molecule has 0 N–H and O–H groups in total. The van der Waals surface area contributed by atoms with Gasteiger partial charge in [-0.15, -0.1) is 0 Å². The van der Waals surface area contributed by atoms with E-state index in [1.54, 1.807) is 29.2 Å². The van der Waals surface area contributed by atoms with Crippen molar-refractivity contribution in [3.05, 3.63) is 95.2 Å². The molecule has 1 aliphatic rings. The summed E-state index contributed by atoms with van der Waals surface area (Å²) in [4.78, 5) is 30.5. The summed E-state index contributed by atoms with van der Waals surface area (Å²) in [7, 11) is 1.82. The largest absolute Gasteiger partial charge is 0.491 e. The number of imide groups is 1. The van der Waals surface area contributed by atoms with Gasteiger partial charge >= 0.3 is 0 Å². The normalized spacial score (nSPS) is 13.8. The van der Waals surface area contributed by atoms with Gasteiger partial charge in [0.1, 0.15) is 11.4 Å². The summed E-state index contributed by atoms with van der Waals surface area (Å²) in [5.74, 6) is 0.0122. The Balaban J connectivity index is 1.82. The van der Waals surface area contributed by atoms with Crippen LogP contribution in [-0.4, -0.2) is 25.0 Å². The van der Waals surface area contributed by atoms with Crippen LogP contribution in [0.5, 0.6) is 5.75 Å². The van der Waals surface area contributed by atoms with Gasteiger partial charge < -0.3 is 9.64 Å². The first-order valence-corrected chi connectivity index (χ1v) is 11.0. The number of anilines is 2. The van der Waals surface area contributed by atoms with Crippen LogP contribution in [0.2, 0.25) is 0 Å². The monoisotopic (exact) mass is 440 g/mol. The van der Waals surface area contributed by atoms with E-state index >= 15 is 0 Å². The number of likely N-dealkylation sites (N-methyl/N-ethyl adjacent to an activating group) is 1. The van der Waals surface area contributed by atoms with Gasteiger partial charge in [0.05, 0.1) is 17.4 Å². The van der Waals surface area contributed by atoms with Crippen molar-refractivity contribution in [2.45, 2.75) is 33.8 Å². The van der Waals surface area contributed by atoms with E-state index in [1.807, 2.05) is 83.3 Å². The Morgan fingerprint density at radius 1 is 0.848 bits per heavy atom. The number of benzene rings is 3. The molecule has 3 aromatic carbocycles. The van der Waals surface area contributed by atoms with Crippen molar-refractivity contribution in [3.8, 4) is 5.75 Å². The van der Waals surface area contributed by atoms with Gasteiger partial charge in [-0.3, -0.25) is 9.59 Å². The van der Waals surface area contributed by atoms with Crippen LogP contribution < -0.4 is 14.5 Å². The van der Waals surface area contributed by atoms with Crippen molar-refractivity contribution in [1.82, 2.24) is 0 Å².